The zero-order valence-electron chi connectivity index (χ0n) is 9.19. The van der Waals surface area contributed by atoms with E-state index in [0.717, 1.165) is 19.4 Å². The third-order valence-electron chi connectivity index (χ3n) is 2.66. The molecular weight excluding hydrogens is 196 g/mol. The number of hydrogen-bond donors (Lipinski definition) is 2. The molecule has 0 saturated carbocycles. The number of aliphatic hydroxyl groups excluding tert-OH is 1. The number of rotatable bonds is 5. The van der Waals surface area contributed by atoms with Crippen molar-refractivity contribution in [3.63, 3.8) is 0 Å². The maximum Gasteiger partial charge on any atom is 0.239 e. The molecule has 0 bridgehead atoms. The van der Waals surface area contributed by atoms with Crippen LogP contribution in [0.1, 0.15) is 19.3 Å². The Morgan fingerprint density at radius 2 is 2.47 bits per heavy atom. The molecule has 2 unspecified atom stereocenters. The van der Waals surface area contributed by atoms with Crippen molar-refractivity contribution in [3.05, 3.63) is 0 Å². The summed E-state index contributed by atoms with van der Waals surface area (Å²) in [7, 11) is 1.55. The Bertz CT molecular complexity index is 211. The maximum atomic E-state index is 11.6. The lowest BCUT2D eigenvalue weighted by Crippen LogP contribution is -2.49. The summed E-state index contributed by atoms with van der Waals surface area (Å²) in [6.45, 7) is 1.64. The average Bonchev–Trinajstić information content (AvgIpc) is 2.21. The van der Waals surface area contributed by atoms with Crippen molar-refractivity contribution < 1.29 is 14.6 Å². The van der Waals surface area contributed by atoms with E-state index in [-0.39, 0.29) is 11.9 Å². The minimum atomic E-state index is -0.499. The molecule has 1 amide bonds. The summed E-state index contributed by atoms with van der Waals surface area (Å²) < 4.78 is 4.81. The quantitative estimate of drug-likeness (QED) is 0.639. The molecule has 2 atom stereocenters. The molecule has 0 radical (unpaired) electrons. The van der Waals surface area contributed by atoms with Crippen molar-refractivity contribution in [3.8, 4) is 0 Å². The molecule has 1 rings (SSSR count). The van der Waals surface area contributed by atoms with Crippen LogP contribution in [0.4, 0.5) is 0 Å². The summed E-state index contributed by atoms with van der Waals surface area (Å²) in [6.07, 6.45) is 1.77. The first-order valence-electron chi connectivity index (χ1n) is 5.36. The van der Waals surface area contributed by atoms with E-state index in [4.69, 9.17) is 10.5 Å². The number of nitrogens with zero attached hydrogens (tertiary/aromatic N) is 1. The molecule has 5 nitrogen and oxygen atoms in total. The van der Waals surface area contributed by atoms with Gasteiger partial charge in [-0.2, -0.15) is 0 Å². The van der Waals surface area contributed by atoms with Gasteiger partial charge in [0.2, 0.25) is 5.91 Å². The van der Waals surface area contributed by atoms with Gasteiger partial charge in [0.15, 0.2) is 0 Å². The highest BCUT2D eigenvalue weighted by molar-refractivity contribution is 5.82. The van der Waals surface area contributed by atoms with Gasteiger partial charge in [0.05, 0.1) is 18.8 Å². The van der Waals surface area contributed by atoms with Crippen LogP contribution in [-0.2, 0) is 9.53 Å². The zero-order valence-corrected chi connectivity index (χ0v) is 9.19. The lowest BCUT2D eigenvalue weighted by molar-refractivity contribution is -0.135. The van der Waals surface area contributed by atoms with Gasteiger partial charge in [0.25, 0.3) is 0 Å². The van der Waals surface area contributed by atoms with E-state index in [2.05, 4.69) is 0 Å². The summed E-state index contributed by atoms with van der Waals surface area (Å²) >= 11 is 0. The number of piperidine rings is 1. The van der Waals surface area contributed by atoms with Gasteiger partial charge in [-0.15, -0.1) is 0 Å². The molecular formula is C10H20N2O3. The van der Waals surface area contributed by atoms with Crippen LogP contribution in [0, 0.1) is 0 Å². The Hall–Kier alpha value is -0.650. The monoisotopic (exact) mass is 216 g/mol. The average molecular weight is 216 g/mol. The van der Waals surface area contributed by atoms with Crippen molar-refractivity contribution in [2.24, 2.45) is 5.73 Å². The summed E-state index contributed by atoms with van der Waals surface area (Å²) in [5, 5.41) is 9.44. The summed E-state index contributed by atoms with van der Waals surface area (Å²) in [5.41, 5.74) is 5.66. The van der Waals surface area contributed by atoms with Crippen molar-refractivity contribution >= 4 is 5.91 Å². The van der Waals surface area contributed by atoms with Crippen LogP contribution in [0.5, 0.6) is 0 Å². The van der Waals surface area contributed by atoms with Crippen LogP contribution < -0.4 is 5.73 Å². The number of ether oxygens (including phenoxy) is 1. The Labute approximate surface area is 90.2 Å². The van der Waals surface area contributed by atoms with E-state index in [0.29, 0.717) is 19.6 Å². The van der Waals surface area contributed by atoms with Crippen LogP contribution in [0.2, 0.25) is 0 Å². The van der Waals surface area contributed by atoms with Gasteiger partial charge in [0.1, 0.15) is 0 Å². The van der Waals surface area contributed by atoms with Crippen molar-refractivity contribution in [2.45, 2.75) is 31.4 Å². The molecule has 1 aliphatic rings. The molecule has 15 heavy (non-hydrogen) atoms. The van der Waals surface area contributed by atoms with Crippen LogP contribution >= 0.6 is 0 Å². The van der Waals surface area contributed by atoms with Gasteiger partial charge in [0, 0.05) is 20.2 Å². The molecule has 0 aliphatic carbocycles. The van der Waals surface area contributed by atoms with Gasteiger partial charge in [-0.05, 0) is 19.3 Å². The highest BCUT2D eigenvalue weighted by Crippen LogP contribution is 2.10. The van der Waals surface area contributed by atoms with Crippen LogP contribution in [0.3, 0.4) is 0 Å². The lowest BCUT2D eigenvalue weighted by atomic mass is 10.1. The molecule has 1 heterocycles. The normalized spacial score (nSPS) is 24.3. The molecule has 0 spiro atoms. The number of amides is 1. The minimum Gasteiger partial charge on any atom is -0.391 e. The van der Waals surface area contributed by atoms with E-state index in [1.54, 1.807) is 12.0 Å². The summed E-state index contributed by atoms with van der Waals surface area (Å²) in [4.78, 5) is 13.3. The lowest BCUT2D eigenvalue weighted by Gasteiger charge is -2.30. The number of carbonyl (C=O) groups excluding carboxylic acids is 1. The van der Waals surface area contributed by atoms with Crippen LogP contribution in [0.15, 0.2) is 0 Å². The highest BCUT2D eigenvalue weighted by atomic mass is 16.5. The number of nitrogens with two attached hydrogens (primary N) is 1. The SMILES string of the molecule is COCC(O)CCN1CCCC(N)C1=O. The molecule has 0 aromatic carbocycles. The summed E-state index contributed by atoms with van der Waals surface area (Å²) in [6, 6.07) is -0.349. The molecule has 88 valence electrons. The van der Waals surface area contributed by atoms with Crippen molar-refractivity contribution in [2.75, 3.05) is 26.8 Å². The first-order valence-corrected chi connectivity index (χ1v) is 5.36. The number of methoxy groups -OCH3 is 1. The van der Waals surface area contributed by atoms with Crippen molar-refractivity contribution in [1.29, 1.82) is 0 Å². The highest BCUT2D eigenvalue weighted by Gasteiger charge is 2.25. The minimum absolute atomic E-state index is 0.00543. The van der Waals surface area contributed by atoms with Gasteiger partial charge in [-0.1, -0.05) is 0 Å². The predicted octanol–water partition coefficient (Wildman–Crippen LogP) is -0.666. The molecule has 0 aromatic rings. The standard InChI is InChI=1S/C10H20N2O3/c1-15-7-8(13)4-6-12-5-2-3-9(11)10(12)14/h8-9,13H,2-7,11H2,1H3. The Balaban J connectivity index is 2.28. The second-order valence-corrected chi connectivity index (χ2v) is 3.97. The van der Waals surface area contributed by atoms with Gasteiger partial charge >= 0.3 is 0 Å². The second-order valence-electron chi connectivity index (χ2n) is 3.97. The topological polar surface area (TPSA) is 75.8 Å². The predicted molar refractivity (Wildman–Crippen MR) is 56.3 cm³/mol. The number of likely N-dealkylation sites (tertiary alicyclic amines) is 1. The smallest absolute Gasteiger partial charge is 0.239 e. The molecule has 3 N–H and O–H groups in total. The Morgan fingerprint density at radius 1 is 1.73 bits per heavy atom. The molecule has 1 saturated heterocycles. The van der Waals surface area contributed by atoms with Crippen LogP contribution in [-0.4, -0.2) is 54.9 Å². The molecule has 0 aromatic heterocycles. The van der Waals surface area contributed by atoms with E-state index in [1.807, 2.05) is 0 Å². The van der Waals surface area contributed by atoms with Gasteiger partial charge in [-0.25, -0.2) is 0 Å². The Morgan fingerprint density at radius 3 is 3.13 bits per heavy atom. The van der Waals surface area contributed by atoms with E-state index in [9.17, 15) is 9.90 Å². The number of hydrogen-bond acceptors (Lipinski definition) is 4. The fourth-order valence-electron chi connectivity index (χ4n) is 1.77. The van der Waals surface area contributed by atoms with Gasteiger partial charge in [-0.3, -0.25) is 4.79 Å². The zero-order chi connectivity index (χ0) is 11.3. The van der Waals surface area contributed by atoms with E-state index >= 15 is 0 Å². The molecule has 1 aliphatic heterocycles. The number of aliphatic hydroxyl groups is 1. The summed E-state index contributed by atoms with van der Waals surface area (Å²) in [5.74, 6) is 0.00543. The van der Waals surface area contributed by atoms with E-state index in [1.165, 1.54) is 0 Å². The fraction of sp³-hybridized carbons (Fsp3) is 0.900. The third kappa shape index (κ3) is 3.77. The van der Waals surface area contributed by atoms with Gasteiger partial charge < -0.3 is 20.5 Å². The van der Waals surface area contributed by atoms with Crippen LogP contribution in [0.25, 0.3) is 0 Å². The first-order chi connectivity index (χ1) is 7.15. The molecule has 1 fully saturated rings. The maximum absolute atomic E-state index is 11.6. The first kappa shape index (κ1) is 12.4. The van der Waals surface area contributed by atoms with Crippen molar-refractivity contribution in [1.82, 2.24) is 4.90 Å². The third-order valence-corrected chi connectivity index (χ3v) is 2.66. The number of carbonyl (C=O) groups is 1. The second kappa shape index (κ2) is 6.05. The Kier molecular flexibility index (Phi) is 5.01. The largest absolute Gasteiger partial charge is 0.391 e. The molecule has 5 heteroatoms. The van der Waals surface area contributed by atoms with E-state index < -0.39 is 6.10 Å². The fourth-order valence-corrected chi connectivity index (χ4v) is 1.77.